The van der Waals surface area contributed by atoms with Gasteiger partial charge in [0.2, 0.25) is 11.8 Å². The molecule has 7 nitrogen and oxygen atoms in total. The smallest absolute Gasteiger partial charge is 0.264 e. The van der Waals surface area contributed by atoms with Gasteiger partial charge in [0.15, 0.2) is 0 Å². The number of sulfonamides is 1. The van der Waals surface area contributed by atoms with E-state index in [-0.39, 0.29) is 23.4 Å². The number of nitrogens with zero attached hydrogens (tertiary/aromatic N) is 2. The fourth-order valence-electron chi connectivity index (χ4n) is 5.25. The molecule has 3 aromatic carbocycles. The van der Waals surface area contributed by atoms with E-state index >= 15 is 0 Å². The second kappa shape index (κ2) is 14.1. The molecule has 0 unspecified atom stereocenters. The largest absolute Gasteiger partial charge is 0.352 e. The highest BCUT2D eigenvalue weighted by Crippen LogP contribution is 2.29. The molecule has 0 spiro atoms. The number of carbonyl (C=O) groups is 2. The van der Waals surface area contributed by atoms with Crippen LogP contribution in [0.25, 0.3) is 0 Å². The molecule has 0 aliphatic heterocycles. The van der Waals surface area contributed by atoms with E-state index in [0.29, 0.717) is 21.3 Å². The molecule has 0 saturated heterocycles. The number of amides is 2. The predicted octanol–water partition coefficient (Wildman–Crippen LogP) is 6.98. The molecule has 1 saturated carbocycles. The Morgan fingerprint density at radius 2 is 1.53 bits per heavy atom. The average Bonchev–Trinajstić information content (AvgIpc) is 2.97. The summed E-state index contributed by atoms with van der Waals surface area (Å²) in [6.07, 6.45) is 5.00. The third kappa shape index (κ3) is 7.91. The van der Waals surface area contributed by atoms with Crippen molar-refractivity contribution in [3.8, 4) is 0 Å². The Balaban J connectivity index is 1.73. The molecule has 0 aromatic heterocycles. The first-order chi connectivity index (χ1) is 20.4. The maximum Gasteiger partial charge on any atom is 0.264 e. The Hall–Kier alpha value is -3.07. The molecular weight excluding hydrogens is 605 g/mol. The number of halogens is 2. The Bertz CT molecular complexity index is 1550. The predicted molar refractivity (Wildman–Crippen MR) is 173 cm³/mol. The van der Waals surface area contributed by atoms with Crippen molar-refractivity contribution in [1.82, 2.24) is 10.2 Å². The molecule has 1 fully saturated rings. The number of hydrogen-bond donors (Lipinski definition) is 1. The van der Waals surface area contributed by atoms with Crippen LogP contribution in [-0.2, 0) is 26.2 Å². The summed E-state index contributed by atoms with van der Waals surface area (Å²) in [5.74, 6) is -0.862. The van der Waals surface area contributed by atoms with Crippen LogP contribution in [0.2, 0.25) is 10.0 Å². The Morgan fingerprint density at radius 3 is 2.14 bits per heavy atom. The molecule has 2 amide bonds. The van der Waals surface area contributed by atoms with Crippen LogP contribution in [0, 0.1) is 20.8 Å². The van der Waals surface area contributed by atoms with E-state index in [1.807, 2.05) is 26.8 Å². The summed E-state index contributed by atoms with van der Waals surface area (Å²) in [5, 5.41) is 3.80. The molecule has 1 atom stereocenters. The van der Waals surface area contributed by atoms with Crippen molar-refractivity contribution in [1.29, 1.82) is 0 Å². The van der Waals surface area contributed by atoms with Crippen LogP contribution in [-0.4, -0.2) is 43.8 Å². The minimum Gasteiger partial charge on any atom is -0.352 e. The molecule has 1 aliphatic carbocycles. The maximum atomic E-state index is 14.2. The highest BCUT2D eigenvalue weighted by atomic mass is 35.5. The van der Waals surface area contributed by atoms with Crippen LogP contribution in [0.4, 0.5) is 5.69 Å². The van der Waals surface area contributed by atoms with E-state index in [1.54, 1.807) is 49.4 Å². The van der Waals surface area contributed by atoms with Crippen molar-refractivity contribution in [2.75, 3.05) is 10.8 Å². The molecule has 43 heavy (non-hydrogen) atoms. The van der Waals surface area contributed by atoms with Crippen LogP contribution < -0.4 is 9.62 Å². The fraction of sp³-hybridized carbons (Fsp3) is 0.394. The van der Waals surface area contributed by atoms with Gasteiger partial charge in [-0.25, -0.2) is 8.42 Å². The lowest BCUT2D eigenvalue weighted by Crippen LogP contribution is -2.53. The highest BCUT2D eigenvalue weighted by Gasteiger charge is 2.34. The topological polar surface area (TPSA) is 86.8 Å². The van der Waals surface area contributed by atoms with Crippen LogP contribution in [0.5, 0.6) is 0 Å². The van der Waals surface area contributed by atoms with Crippen LogP contribution in [0.15, 0.2) is 65.6 Å². The van der Waals surface area contributed by atoms with E-state index in [1.165, 1.54) is 17.0 Å². The molecule has 3 aromatic rings. The summed E-state index contributed by atoms with van der Waals surface area (Å²) < 4.78 is 29.2. The van der Waals surface area contributed by atoms with Crippen molar-refractivity contribution in [2.24, 2.45) is 0 Å². The zero-order valence-electron chi connectivity index (χ0n) is 25.1. The molecule has 0 bridgehead atoms. The zero-order valence-corrected chi connectivity index (χ0v) is 27.4. The molecule has 1 N–H and O–H groups in total. The van der Waals surface area contributed by atoms with Crippen molar-refractivity contribution < 1.29 is 18.0 Å². The third-order valence-corrected chi connectivity index (χ3v) is 10.7. The standard InChI is InChI=1S/C33H39Cl2N3O4S/c1-22-13-17-28(18-14-22)43(41,42)38(27-16-15-23(2)24(3)19-27)21-32(39)37(20-29-30(34)11-8-12-31(29)35)25(4)33(40)36-26-9-6-5-7-10-26/h8,11-19,25-26H,5-7,9-10,20-21H2,1-4H3,(H,36,40)/t25-/m0/s1. The number of anilines is 1. The third-order valence-electron chi connectivity index (χ3n) is 8.18. The molecule has 0 heterocycles. The van der Waals surface area contributed by atoms with Gasteiger partial charge in [-0.1, -0.05) is 72.3 Å². The number of aryl methyl sites for hydroxylation is 3. The van der Waals surface area contributed by atoms with Gasteiger partial charge >= 0.3 is 0 Å². The monoisotopic (exact) mass is 643 g/mol. The van der Waals surface area contributed by atoms with Crippen LogP contribution in [0.3, 0.4) is 0 Å². The van der Waals surface area contributed by atoms with E-state index in [9.17, 15) is 18.0 Å². The lowest BCUT2D eigenvalue weighted by molar-refractivity contribution is -0.139. The van der Waals surface area contributed by atoms with E-state index in [2.05, 4.69) is 5.32 Å². The Morgan fingerprint density at radius 1 is 0.907 bits per heavy atom. The summed E-state index contributed by atoms with van der Waals surface area (Å²) in [4.78, 5) is 29.2. The van der Waals surface area contributed by atoms with Crippen LogP contribution >= 0.6 is 23.2 Å². The van der Waals surface area contributed by atoms with E-state index < -0.39 is 28.5 Å². The fourth-order valence-corrected chi connectivity index (χ4v) is 7.17. The molecule has 230 valence electrons. The second-order valence-electron chi connectivity index (χ2n) is 11.3. The lowest BCUT2D eigenvalue weighted by atomic mass is 9.95. The quantitative estimate of drug-likeness (QED) is 0.258. The zero-order chi connectivity index (χ0) is 31.3. The van der Waals surface area contributed by atoms with Gasteiger partial charge in [-0.15, -0.1) is 0 Å². The first-order valence-electron chi connectivity index (χ1n) is 14.6. The summed E-state index contributed by atoms with van der Waals surface area (Å²) in [5.41, 5.74) is 3.62. The van der Waals surface area contributed by atoms with Crippen molar-refractivity contribution in [2.45, 2.75) is 83.3 Å². The normalized spacial score (nSPS) is 14.7. The van der Waals surface area contributed by atoms with E-state index in [0.717, 1.165) is 53.1 Å². The molecular formula is C33H39Cl2N3O4S. The summed E-state index contributed by atoms with van der Waals surface area (Å²) in [7, 11) is -4.15. The Kier molecular flexibility index (Phi) is 10.8. The molecule has 1 aliphatic rings. The number of nitrogens with one attached hydrogen (secondary N) is 1. The van der Waals surface area contributed by atoms with Crippen molar-refractivity contribution in [3.05, 3.63) is 93.0 Å². The van der Waals surface area contributed by atoms with Gasteiger partial charge in [0.25, 0.3) is 10.0 Å². The minimum atomic E-state index is -4.15. The minimum absolute atomic E-state index is 0.0403. The Labute approximate surface area is 265 Å². The SMILES string of the molecule is Cc1ccc(S(=O)(=O)N(CC(=O)N(Cc2c(Cl)cccc2Cl)[C@@H](C)C(=O)NC2CCCCC2)c2ccc(C)c(C)c2)cc1. The van der Waals surface area contributed by atoms with Gasteiger partial charge < -0.3 is 10.2 Å². The molecule has 0 radical (unpaired) electrons. The second-order valence-corrected chi connectivity index (χ2v) is 14.0. The first-order valence-corrected chi connectivity index (χ1v) is 16.8. The maximum absolute atomic E-state index is 14.2. The van der Waals surface area contributed by atoms with Gasteiger partial charge in [0.1, 0.15) is 12.6 Å². The van der Waals surface area contributed by atoms with E-state index in [4.69, 9.17) is 23.2 Å². The van der Waals surface area contributed by atoms with Gasteiger partial charge in [0.05, 0.1) is 10.6 Å². The number of rotatable bonds is 10. The summed E-state index contributed by atoms with van der Waals surface area (Å²) in [6, 6.07) is 15.9. The lowest BCUT2D eigenvalue weighted by Gasteiger charge is -2.33. The van der Waals surface area contributed by atoms with Gasteiger partial charge in [0, 0.05) is 28.2 Å². The number of hydrogen-bond acceptors (Lipinski definition) is 4. The van der Waals surface area contributed by atoms with Gasteiger partial charge in [-0.05, 0) is 88.1 Å². The van der Waals surface area contributed by atoms with Gasteiger partial charge in [-0.3, -0.25) is 13.9 Å². The van der Waals surface area contributed by atoms with Crippen molar-refractivity contribution in [3.63, 3.8) is 0 Å². The summed E-state index contributed by atoms with van der Waals surface area (Å²) in [6.45, 7) is 6.75. The number of carbonyl (C=O) groups excluding carboxylic acids is 2. The summed E-state index contributed by atoms with van der Waals surface area (Å²) >= 11 is 13.0. The van der Waals surface area contributed by atoms with Crippen LogP contribution in [0.1, 0.15) is 61.3 Å². The van der Waals surface area contributed by atoms with Crippen molar-refractivity contribution >= 4 is 50.7 Å². The molecule has 10 heteroatoms. The first kappa shape index (κ1) is 32.8. The average molecular weight is 645 g/mol. The molecule has 4 rings (SSSR count). The van der Waals surface area contributed by atoms with Gasteiger partial charge in [-0.2, -0.15) is 0 Å². The highest BCUT2D eigenvalue weighted by molar-refractivity contribution is 7.92. The number of benzene rings is 3.